The zero-order valence-electron chi connectivity index (χ0n) is 5.84. The lowest BCUT2D eigenvalue weighted by atomic mass is 10.5. The maximum atomic E-state index is 11.1. The van der Waals surface area contributed by atoms with Gasteiger partial charge in [-0.25, -0.2) is 0 Å². The van der Waals surface area contributed by atoms with Crippen molar-refractivity contribution in [1.29, 1.82) is 0 Å². The quantitative estimate of drug-likeness (QED) is 0.505. The van der Waals surface area contributed by atoms with Crippen molar-refractivity contribution in [2.24, 2.45) is 0 Å². The van der Waals surface area contributed by atoms with Crippen LogP contribution in [-0.2, 0) is 4.57 Å². The maximum absolute atomic E-state index is 11.1. The van der Waals surface area contributed by atoms with Crippen LogP contribution in [0.2, 0.25) is 0 Å². The number of aliphatic hydroxyl groups excluding tert-OH is 1. The molecule has 0 heterocycles. The fourth-order valence-corrected chi connectivity index (χ4v) is 1.70. The molecule has 0 bridgehead atoms. The van der Waals surface area contributed by atoms with Gasteiger partial charge in [0.1, 0.15) is 5.56 Å². The first-order chi connectivity index (χ1) is 3.85. The SMILES string of the molecule is CC(C(O)Cl)P(C)(C)=O. The van der Waals surface area contributed by atoms with Crippen LogP contribution in [0.15, 0.2) is 0 Å². The van der Waals surface area contributed by atoms with Gasteiger partial charge < -0.3 is 9.67 Å². The topological polar surface area (TPSA) is 37.3 Å². The van der Waals surface area contributed by atoms with Gasteiger partial charge >= 0.3 is 0 Å². The van der Waals surface area contributed by atoms with E-state index >= 15 is 0 Å². The highest BCUT2D eigenvalue weighted by Crippen LogP contribution is 2.44. The van der Waals surface area contributed by atoms with E-state index in [1.54, 1.807) is 20.3 Å². The van der Waals surface area contributed by atoms with Gasteiger partial charge in [-0.2, -0.15) is 0 Å². The predicted molar refractivity (Wildman–Crippen MR) is 40.8 cm³/mol. The van der Waals surface area contributed by atoms with E-state index in [2.05, 4.69) is 0 Å². The van der Waals surface area contributed by atoms with Crippen LogP contribution >= 0.6 is 18.7 Å². The molecule has 0 aliphatic rings. The zero-order valence-corrected chi connectivity index (χ0v) is 7.49. The van der Waals surface area contributed by atoms with Gasteiger partial charge in [0.2, 0.25) is 0 Å². The van der Waals surface area contributed by atoms with Crippen molar-refractivity contribution in [2.45, 2.75) is 18.1 Å². The molecule has 2 unspecified atom stereocenters. The summed E-state index contributed by atoms with van der Waals surface area (Å²) >= 11 is 5.30. The summed E-state index contributed by atoms with van der Waals surface area (Å²) < 4.78 is 11.1. The van der Waals surface area contributed by atoms with E-state index in [0.717, 1.165) is 0 Å². The van der Waals surface area contributed by atoms with Crippen molar-refractivity contribution < 1.29 is 9.67 Å². The average Bonchev–Trinajstić information content (AvgIpc) is 1.62. The van der Waals surface area contributed by atoms with Crippen molar-refractivity contribution in [3.8, 4) is 0 Å². The standard InChI is InChI=1S/C5H12ClO2P/c1-4(5(6)7)9(2,3)8/h4-5,7H,1-3H3. The molecule has 0 fully saturated rings. The summed E-state index contributed by atoms with van der Waals surface area (Å²) in [7, 11) is -2.19. The van der Waals surface area contributed by atoms with Crippen LogP contribution in [-0.4, -0.2) is 29.7 Å². The molecular formula is C5H12ClO2P. The molecule has 0 aliphatic heterocycles. The van der Waals surface area contributed by atoms with Crippen LogP contribution in [0.1, 0.15) is 6.92 Å². The summed E-state index contributed by atoms with van der Waals surface area (Å²) in [6.45, 7) is 4.91. The summed E-state index contributed by atoms with van der Waals surface area (Å²) in [5.74, 6) is 0. The second kappa shape index (κ2) is 3.05. The van der Waals surface area contributed by atoms with Gasteiger partial charge in [0.15, 0.2) is 0 Å². The third kappa shape index (κ3) is 3.24. The molecule has 0 saturated carbocycles. The number of hydrogen-bond acceptors (Lipinski definition) is 2. The Hall–Kier alpha value is 0.480. The van der Waals surface area contributed by atoms with Crippen molar-refractivity contribution in [2.75, 3.05) is 13.3 Å². The van der Waals surface area contributed by atoms with Crippen LogP contribution < -0.4 is 0 Å². The highest BCUT2D eigenvalue weighted by molar-refractivity contribution is 7.63. The van der Waals surface area contributed by atoms with Crippen molar-refractivity contribution in [3.05, 3.63) is 0 Å². The van der Waals surface area contributed by atoms with E-state index in [9.17, 15) is 4.57 Å². The molecule has 4 heteroatoms. The van der Waals surface area contributed by atoms with Crippen molar-refractivity contribution in [1.82, 2.24) is 0 Å². The fourth-order valence-electron chi connectivity index (χ4n) is 0.296. The zero-order chi connectivity index (χ0) is 7.65. The van der Waals surface area contributed by atoms with E-state index in [0.29, 0.717) is 0 Å². The number of hydrogen-bond donors (Lipinski definition) is 1. The fraction of sp³-hybridized carbons (Fsp3) is 1.00. The van der Waals surface area contributed by atoms with E-state index in [1.165, 1.54) is 0 Å². The number of aliphatic hydroxyl groups is 1. The maximum Gasteiger partial charge on any atom is 0.137 e. The summed E-state index contributed by atoms with van der Waals surface area (Å²) in [6.07, 6.45) is 0. The lowest BCUT2D eigenvalue weighted by Crippen LogP contribution is -2.15. The molecular weight excluding hydrogens is 158 g/mol. The molecule has 0 radical (unpaired) electrons. The van der Waals surface area contributed by atoms with Gasteiger partial charge in [0, 0.05) is 5.66 Å². The lowest BCUT2D eigenvalue weighted by Gasteiger charge is -2.16. The molecule has 0 aromatic heterocycles. The largest absolute Gasteiger partial charge is 0.377 e. The molecule has 9 heavy (non-hydrogen) atoms. The van der Waals surface area contributed by atoms with Crippen molar-refractivity contribution >= 4 is 18.7 Å². The molecule has 0 rings (SSSR count). The molecule has 0 saturated heterocycles. The van der Waals surface area contributed by atoms with Crippen LogP contribution in [0.3, 0.4) is 0 Å². The van der Waals surface area contributed by atoms with Gasteiger partial charge in [-0.15, -0.1) is 0 Å². The van der Waals surface area contributed by atoms with E-state index in [-0.39, 0.29) is 5.66 Å². The van der Waals surface area contributed by atoms with Crippen LogP contribution in [0.5, 0.6) is 0 Å². The predicted octanol–water partition coefficient (Wildman–Crippen LogP) is 1.55. The number of alkyl halides is 1. The third-order valence-corrected chi connectivity index (χ3v) is 4.18. The smallest absolute Gasteiger partial charge is 0.137 e. The van der Waals surface area contributed by atoms with E-state index < -0.39 is 12.7 Å². The summed E-state index contributed by atoms with van der Waals surface area (Å²) in [4.78, 5) is 0. The summed E-state index contributed by atoms with van der Waals surface area (Å²) in [5, 5.41) is 8.75. The Morgan fingerprint density at radius 2 is 1.89 bits per heavy atom. The highest BCUT2D eigenvalue weighted by atomic mass is 35.5. The lowest BCUT2D eigenvalue weighted by molar-refractivity contribution is 0.253. The minimum atomic E-state index is -2.19. The summed E-state index contributed by atoms with van der Waals surface area (Å²) in [5.41, 5.74) is -1.29. The Morgan fingerprint density at radius 1 is 1.56 bits per heavy atom. The molecule has 56 valence electrons. The minimum absolute atomic E-state index is 0.306. The molecule has 2 atom stereocenters. The van der Waals surface area contributed by atoms with Crippen LogP contribution in [0.4, 0.5) is 0 Å². The first-order valence-electron chi connectivity index (χ1n) is 2.72. The first kappa shape index (κ1) is 9.48. The summed E-state index contributed by atoms with van der Waals surface area (Å²) in [6, 6.07) is 0. The minimum Gasteiger partial charge on any atom is -0.377 e. The molecule has 0 spiro atoms. The van der Waals surface area contributed by atoms with Gasteiger partial charge in [-0.1, -0.05) is 18.5 Å². The second-order valence-electron chi connectivity index (χ2n) is 2.55. The average molecular weight is 171 g/mol. The highest BCUT2D eigenvalue weighted by Gasteiger charge is 2.23. The van der Waals surface area contributed by atoms with E-state index in [1.807, 2.05) is 0 Å². The van der Waals surface area contributed by atoms with Crippen LogP contribution in [0.25, 0.3) is 0 Å². The number of halogens is 1. The Bertz CT molecular complexity index is 129. The van der Waals surface area contributed by atoms with Gasteiger partial charge in [0.25, 0.3) is 0 Å². The van der Waals surface area contributed by atoms with Crippen LogP contribution in [0, 0.1) is 0 Å². The molecule has 0 aromatic rings. The van der Waals surface area contributed by atoms with Gasteiger partial charge in [-0.3, -0.25) is 0 Å². The van der Waals surface area contributed by atoms with Crippen molar-refractivity contribution in [3.63, 3.8) is 0 Å². The molecule has 0 aromatic carbocycles. The Kier molecular flexibility index (Phi) is 3.21. The number of rotatable bonds is 2. The van der Waals surface area contributed by atoms with Gasteiger partial charge in [-0.05, 0) is 13.3 Å². The molecule has 0 amide bonds. The Morgan fingerprint density at radius 3 is 1.89 bits per heavy atom. The normalized spacial score (nSPS) is 19.2. The first-order valence-corrected chi connectivity index (χ1v) is 5.83. The molecule has 0 aliphatic carbocycles. The molecule has 2 nitrogen and oxygen atoms in total. The second-order valence-corrected chi connectivity index (χ2v) is 6.68. The van der Waals surface area contributed by atoms with Gasteiger partial charge in [0.05, 0.1) is 7.14 Å². The van der Waals surface area contributed by atoms with E-state index in [4.69, 9.17) is 16.7 Å². The Labute approximate surface area is 60.6 Å². The molecule has 1 N–H and O–H groups in total. The Balaban J connectivity index is 4.05. The monoisotopic (exact) mass is 170 g/mol. The third-order valence-electron chi connectivity index (χ3n) is 1.38.